The van der Waals surface area contributed by atoms with Crippen molar-refractivity contribution in [1.29, 1.82) is 0 Å². The van der Waals surface area contributed by atoms with Crippen LogP contribution < -0.4 is 4.74 Å². The number of rotatable bonds is 3. The standard InChI is InChI=1S/C10H13BO3/c1-8-7-10(14-2)4-3-9(8)5-6-11(12)13/h3-7,12-13H,1-2H3/b6-5+. The van der Waals surface area contributed by atoms with Gasteiger partial charge in [0.05, 0.1) is 7.11 Å². The molecule has 0 aliphatic heterocycles. The molecule has 4 heteroatoms. The van der Waals surface area contributed by atoms with Crippen LogP contribution in [0.15, 0.2) is 24.2 Å². The third-order valence-corrected chi connectivity index (χ3v) is 1.92. The summed E-state index contributed by atoms with van der Waals surface area (Å²) in [7, 11) is 0.207. The zero-order valence-corrected chi connectivity index (χ0v) is 8.27. The van der Waals surface area contributed by atoms with Crippen LogP contribution in [-0.4, -0.2) is 24.3 Å². The Morgan fingerprint density at radius 1 is 1.36 bits per heavy atom. The summed E-state index contributed by atoms with van der Waals surface area (Å²) in [5.74, 6) is 2.11. The molecule has 0 aliphatic carbocycles. The van der Waals surface area contributed by atoms with Gasteiger partial charge >= 0.3 is 7.12 Å². The maximum atomic E-state index is 8.65. The van der Waals surface area contributed by atoms with Gasteiger partial charge in [-0.15, -0.1) is 0 Å². The van der Waals surface area contributed by atoms with Crippen molar-refractivity contribution in [2.75, 3.05) is 7.11 Å². The molecule has 3 nitrogen and oxygen atoms in total. The summed E-state index contributed by atoms with van der Waals surface area (Å²) in [5.41, 5.74) is 1.97. The highest BCUT2D eigenvalue weighted by Crippen LogP contribution is 2.17. The maximum absolute atomic E-state index is 8.65. The van der Waals surface area contributed by atoms with Gasteiger partial charge in [-0.25, -0.2) is 0 Å². The molecule has 1 aromatic carbocycles. The molecule has 0 aromatic heterocycles. The topological polar surface area (TPSA) is 49.7 Å². The van der Waals surface area contributed by atoms with Crippen LogP contribution in [-0.2, 0) is 0 Å². The molecule has 0 heterocycles. The van der Waals surface area contributed by atoms with Crippen molar-refractivity contribution in [3.8, 4) is 5.75 Å². The van der Waals surface area contributed by atoms with Crippen LogP contribution >= 0.6 is 0 Å². The average molecular weight is 192 g/mol. The van der Waals surface area contributed by atoms with E-state index in [-0.39, 0.29) is 0 Å². The Balaban J connectivity index is 2.89. The second-order valence-electron chi connectivity index (χ2n) is 3.00. The SMILES string of the molecule is COc1ccc(/C=C/B(O)O)c(C)c1. The van der Waals surface area contributed by atoms with Crippen LogP contribution in [0.4, 0.5) is 0 Å². The Labute approximate surface area is 83.8 Å². The minimum atomic E-state index is -1.41. The van der Waals surface area contributed by atoms with E-state index in [1.54, 1.807) is 13.2 Å². The Bertz CT molecular complexity index is 334. The van der Waals surface area contributed by atoms with Crippen molar-refractivity contribution in [2.24, 2.45) is 0 Å². The van der Waals surface area contributed by atoms with Crippen LogP contribution in [0.25, 0.3) is 6.08 Å². The summed E-state index contributed by atoms with van der Waals surface area (Å²) in [4.78, 5) is 0. The van der Waals surface area contributed by atoms with E-state index in [1.165, 1.54) is 5.98 Å². The second kappa shape index (κ2) is 4.84. The van der Waals surface area contributed by atoms with Gasteiger partial charge in [-0.1, -0.05) is 18.1 Å². The van der Waals surface area contributed by atoms with Crippen molar-refractivity contribution < 1.29 is 14.8 Å². The quantitative estimate of drug-likeness (QED) is 0.703. The van der Waals surface area contributed by atoms with Crippen LogP contribution in [0.5, 0.6) is 5.75 Å². The van der Waals surface area contributed by atoms with Crippen LogP contribution in [0, 0.1) is 6.92 Å². The molecule has 0 fully saturated rings. The molecule has 0 saturated carbocycles. The van der Waals surface area contributed by atoms with E-state index in [0.29, 0.717) is 0 Å². The number of hydrogen-bond acceptors (Lipinski definition) is 3. The van der Waals surface area contributed by atoms with E-state index in [0.717, 1.165) is 16.9 Å². The van der Waals surface area contributed by atoms with Crippen LogP contribution in [0.1, 0.15) is 11.1 Å². The predicted molar refractivity (Wildman–Crippen MR) is 57.0 cm³/mol. The number of ether oxygens (including phenoxy) is 1. The van der Waals surface area contributed by atoms with Gasteiger partial charge in [-0.3, -0.25) is 0 Å². The lowest BCUT2D eigenvalue weighted by atomic mass is 9.90. The van der Waals surface area contributed by atoms with Crippen LogP contribution in [0.2, 0.25) is 0 Å². The molecule has 0 aliphatic rings. The Morgan fingerprint density at radius 3 is 2.57 bits per heavy atom. The summed E-state index contributed by atoms with van der Waals surface area (Å²) in [6.07, 6.45) is 1.67. The van der Waals surface area contributed by atoms with Gasteiger partial charge in [0.1, 0.15) is 5.75 Å². The molecule has 74 valence electrons. The molecule has 1 aromatic rings. The summed E-state index contributed by atoms with van der Waals surface area (Å²) >= 11 is 0. The predicted octanol–water partition coefficient (Wildman–Crippen LogP) is 1.03. The Morgan fingerprint density at radius 2 is 2.07 bits per heavy atom. The zero-order valence-electron chi connectivity index (χ0n) is 8.27. The molecule has 2 N–H and O–H groups in total. The highest BCUT2D eigenvalue weighted by Gasteiger charge is 2.00. The molecule has 0 bridgehead atoms. The third kappa shape index (κ3) is 2.90. The monoisotopic (exact) mass is 192 g/mol. The minimum absolute atomic E-state index is 0.796. The highest BCUT2D eigenvalue weighted by atomic mass is 16.5. The highest BCUT2D eigenvalue weighted by molar-refractivity contribution is 6.48. The fourth-order valence-corrected chi connectivity index (χ4v) is 1.15. The number of methoxy groups -OCH3 is 1. The fourth-order valence-electron chi connectivity index (χ4n) is 1.15. The molecule has 0 spiro atoms. The van der Waals surface area contributed by atoms with E-state index in [2.05, 4.69) is 0 Å². The number of hydrogen-bond donors (Lipinski definition) is 2. The maximum Gasteiger partial charge on any atom is 0.480 e. The normalized spacial score (nSPS) is 10.6. The summed E-state index contributed by atoms with van der Waals surface area (Å²) < 4.78 is 5.05. The van der Waals surface area contributed by atoms with E-state index in [1.807, 2.05) is 25.1 Å². The van der Waals surface area contributed by atoms with Crippen molar-refractivity contribution >= 4 is 13.2 Å². The van der Waals surface area contributed by atoms with E-state index in [9.17, 15) is 0 Å². The van der Waals surface area contributed by atoms with Crippen molar-refractivity contribution in [3.63, 3.8) is 0 Å². The molecular weight excluding hydrogens is 179 g/mol. The molecule has 0 radical (unpaired) electrons. The second-order valence-corrected chi connectivity index (χ2v) is 3.00. The zero-order chi connectivity index (χ0) is 10.6. The van der Waals surface area contributed by atoms with Crippen molar-refractivity contribution in [3.05, 3.63) is 35.3 Å². The Hall–Kier alpha value is -1.26. The fraction of sp³-hybridized carbons (Fsp3) is 0.200. The lowest BCUT2D eigenvalue weighted by Gasteiger charge is -2.03. The largest absolute Gasteiger partial charge is 0.497 e. The molecule has 0 atom stereocenters. The lowest BCUT2D eigenvalue weighted by Crippen LogP contribution is -2.05. The van der Waals surface area contributed by atoms with Crippen molar-refractivity contribution in [1.82, 2.24) is 0 Å². The summed E-state index contributed by atoms with van der Waals surface area (Å²) in [6.45, 7) is 1.94. The van der Waals surface area contributed by atoms with Crippen molar-refractivity contribution in [2.45, 2.75) is 6.92 Å². The van der Waals surface area contributed by atoms with Gasteiger partial charge in [-0.05, 0) is 30.2 Å². The van der Waals surface area contributed by atoms with Gasteiger partial charge < -0.3 is 14.8 Å². The van der Waals surface area contributed by atoms with Gasteiger partial charge in [0.15, 0.2) is 0 Å². The first-order valence-corrected chi connectivity index (χ1v) is 4.32. The van der Waals surface area contributed by atoms with Gasteiger partial charge in [-0.2, -0.15) is 0 Å². The molecule has 14 heavy (non-hydrogen) atoms. The minimum Gasteiger partial charge on any atom is -0.497 e. The summed E-state index contributed by atoms with van der Waals surface area (Å²) in [5, 5.41) is 17.3. The average Bonchev–Trinajstić information content (AvgIpc) is 2.15. The molecule has 0 amide bonds. The summed E-state index contributed by atoms with van der Waals surface area (Å²) in [6, 6.07) is 5.59. The first kappa shape index (κ1) is 10.8. The van der Waals surface area contributed by atoms with E-state index < -0.39 is 7.12 Å². The van der Waals surface area contributed by atoms with E-state index in [4.69, 9.17) is 14.8 Å². The molecular formula is C10H13BO3. The van der Waals surface area contributed by atoms with Gasteiger partial charge in [0.2, 0.25) is 0 Å². The van der Waals surface area contributed by atoms with Gasteiger partial charge in [0.25, 0.3) is 0 Å². The number of benzene rings is 1. The first-order valence-electron chi connectivity index (χ1n) is 4.32. The lowest BCUT2D eigenvalue weighted by molar-refractivity contribution is 0.414. The third-order valence-electron chi connectivity index (χ3n) is 1.92. The van der Waals surface area contributed by atoms with Gasteiger partial charge in [0, 0.05) is 0 Å². The Kier molecular flexibility index (Phi) is 3.74. The number of aryl methyl sites for hydroxylation is 1. The first-order chi connectivity index (χ1) is 6.63. The van der Waals surface area contributed by atoms with Crippen LogP contribution in [0.3, 0.4) is 0 Å². The molecule has 1 rings (SSSR count). The molecule has 0 saturated heterocycles. The van der Waals surface area contributed by atoms with E-state index >= 15 is 0 Å². The smallest absolute Gasteiger partial charge is 0.480 e. The molecule has 0 unspecified atom stereocenters.